The molecule has 1 N–H and O–H groups in total. The topological polar surface area (TPSA) is 32.3 Å². The van der Waals surface area contributed by atoms with Crippen molar-refractivity contribution < 1.29 is 4.79 Å². The average Bonchev–Trinajstić information content (AvgIpc) is 2.92. The lowest BCUT2D eigenvalue weighted by atomic mass is 9.92. The fraction of sp³-hybridized carbons (Fsp3) is 0.421. The Bertz CT molecular complexity index is 731. The molecule has 2 atom stereocenters. The second-order valence-corrected chi connectivity index (χ2v) is 7.64. The highest BCUT2D eigenvalue weighted by atomic mass is 79.9. The highest BCUT2D eigenvalue weighted by molar-refractivity contribution is 9.10. The first-order valence-electron chi connectivity index (χ1n) is 8.40. The molecule has 23 heavy (non-hydrogen) atoms. The molecule has 2 fully saturated rings. The number of nitrogens with one attached hydrogen (secondary N) is 1. The third kappa shape index (κ3) is 2.90. The lowest BCUT2D eigenvalue weighted by molar-refractivity contribution is 0.0760. The summed E-state index contributed by atoms with van der Waals surface area (Å²) in [4.78, 5) is 15.2. The van der Waals surface area contributed by atoms with E-state index < -0.39 is 0 Å². The fourth-order valence-electron chi connectivity index (χ4n) is 4.04. The first-order valence-corrected chi connectivity index (χ1v) is 9.20. The van der Waals surface area contributed by atoms with Crippen molar-refractivity contribution in [3.8, 4) is 0 Å². The van der Waals surface area contributed by atoms with Crippen molar-refractivity contribution >= 4 is 32.6 Å². The minimum Gasteiger partial charge on any atom is -0.339 e. The molecule has 4 heteroatoms. The second kappa shape index (κ2) is 6.25. The molecule has 2 aromatic carbocycles. The Kier molecular flexibility index (Phi) is 4.12. The van der Waals surface area contributed by atoms with Crippen LogP contribution in [0.15, 0.2) is 40.9 Å². The van der Waals surface area contributed by atoms with Gasteiger partial charge in [-0.15, -0.1) is 0 Å². The number of hydrogen-bond donors (Lipinski definition) is 1. The minimum atomic E-state index is 0.176. The van der Waals surface area contributed by atoms with Gasteiger partial charge >= 0.3 is 0 Å². The number of carbonyl (C=O) groups is 1. The molecule has 2 aliphatic rings. The van der Waals surface area contributed by atoms with Gasteiger partial charge in [0, 0.05) is 23.1 Å². The zero-order chi connectivity index (χ0) is 15.8. The molecule has 2 saturated heterocycles. The van der Waals surface area contributed by atoms with Gasteiger partial charge in [-0.25, -0.2) is 0 Å². The largest absolute Gasteiger partial charge is 0.339 e. The van der Waals surface area contributed by atoms with Gasteiger partial charge in [-0.2, -0.15) is 0 Å². The van der Waals surface area contributed by atoms with Crippen molar-refractivity contribution in [2.45, 2.75) is 12.8 Å². The van der Waals surface area contributed by atoms with Crippen LogP contribution in [0.3, 0.4) is 0 Å². The van der Waals surface area contributed by atoms with Crippen molar-refractivity contribution in [1.82, 2.24) is 10.2 Å². The van der Waals surface area contributed by atoms with Crippen LogP contribution in [0.5, 0.6) is 0 Å². The molecule has 4 rings (SSSR count). The van der Waals surface area contributed by atoms with Gasteiger partial charge < -0.3 is 10.2 Å². The lowest BCUT2D eigenvalue weighted by Gasteiger charge is -2.22. The van der Waals surface area contributed by atoms with Gasteiger partial charge in [0.05, 0.1) is 0 Å². The van der Waals surface area contributed by atoms with Crippen LogP contribution < -0.4 is 5.32 Å². The average molecular weight is 373 g/mol. The molecule has 0 radical (unpaired) electrons. The maximum Gasteiger partial charge on any atom is 0.254 e. The monoisotopic (exact) mass is 372 g/mol. The maximum absolute atomic E-state index is 13.1. The van der Waals surface area contributed by atoms with Gasteiger partial charge in [0.1, 0.15) is 0 Å². The second-order valence-electron chi connectivity index (χ2n) is 6.72. The molecule has 2 aromatic rings. The Morgan fingerprint density at radius 1 is 1.09 bits per heavy atom. The number of likely N-dealkylation sites (tertiary alicyclic amines) is 1. The van der Waals surface area contributed by atoms with Gasteiger partial charge in [0.2, 0.25) is 0 Å². The normalized spacial score (nSPS) is 24.5. The summed E-state index contributed by atoms with van der Waals surface area (Å²) in [5.74, 6) is 1.66. The number of carbonyl (C=O) groups excluding carboxylic acids is 1. The number of hydrogen-bond acceptors (Lipinski definition) is 2. The summed E-state index contributed by atoms with van der Waals surface area (Å²) in [5, 5.41) is 5.65. The Morgan fingerprint density at radius 3 is 2.52 bits per heavy atom. The number of rotatable bonds is 1. The molecule has 0 spiro atoms. The van der Waals surface area contributed by atoms with Crippen LogP contribution in [-0.2, 0) is 0 Å². The van der Waals surface area contributed by atoms with Crippen molar-refractivity contribution in [3.63, 3.8) is 0 Å². The zero-order valence-corrected chi connectivity index (χ0v) is 14.7. The van der Waals surface area contributed by atoms with E-state index in [9.17, 15) is 4.79 Å². The standard InChI is InChI=1S/C19H21BrN2O/c20-16-9-13-3-1-2-4-17(13)18(10-16)19(23)22-7-5-14-11-21-12-15(14)6-8-22/h1-4,9-10,14-15,21H,5-8,11-12H2/t14-,15+. The fourth-order valence-corrected chi connectivity index (χ4v) is 4.52. The molecule has 0 bridgehead atoms. The van der Waals surface area contributed by atoms with Gasteiger partial charge in [-0.05, 0) is 60.7 Å². The number of halogens is 1. The Morgan fingerprint density at radius 2 is 1.78 bits per heavy atom. The Hall–Kier alpha value is -1.39. The molecular formula is C19H21BrN2O. The predicted octanol–water partition coefficient (Wildman–Crippen LogP) is 3.67. The van der Waals surface area contributed by atoms with E-state index in [0.717, 1.165) is 71.7 Å². The Labute approximate surface area is 145 Å². The van der Waals surface area contributed by atoms with Crippen LogP contribution in [-0.4, -0.2) is 37.0 Å². The first-order chi connectivity index (χ1) is 11.2. The highest BCUT2D eigenvalue weighted by Gasteiger charge is 2.32. The SMILES string of the molecule is O=C(c1cc(Br)cc2ccccc12)N1CC[C@@H]2CNC[C@@H]2CC1. The van der Waals surface area contributed by atoms with Crippen molar-refractivity contribution in [2.75, 3.05) is 26.2 Å². The third-order valence-electron chi connectivity index (χ3n) is 5.36. The number of amides is 1. The smallest absolute Gasteiger partial charge is 0.254 e. The van der Waals surface area contributed by atoms with Crippen LogP contribution in [0, 0.1) is 11.8 Å². The summed E-state index contributed by atoms with van der Waals surface area (Å²) in [6.45, 7) is 3.99. The molecule has 0 unspecified atom stereocenters. The van der Waals surface area contributed by atoms with Crippen molar-refractivity contribution in [3.05, 3.63) is 46.4 Å². The number of fused-ring (bicyclic) bond motifs is 2. The van der Waals surface area contributed by atoms with Crippen LogP contribution in [0.4, 0.5) is 0 Å². The molecule has 2 heterocycles. The van der Waals surface area contributed by atoms with Crippen molar-refractivity contribution in [1.29, 1.82) is 0 Å². The first kappa shape index (κ1) is 15.2. The minimum absolute atomic E-state index is 0.176. The molecular weight excluding hydrogens is 352 g/mol. The quantitative estimate of drug-likeness (QED) is 0.827. The van der Waals surface area contributed by atoms with Crippen LogP contribution in [0.1, 0.15) is 23.2 Å². The van der Waals surface area contributed by atoms with E-state index in [2.05, 4.69) is 38.3 Å². The van der Waals surface area contributed by atoms with E-state index in [0.29, 0.717) is 0 Å². The van der Waals surface area contributed by atoms with E-state index in [1.54, 1.807) is 0 Å². The molecule has 120 valence electrons. The van der Waals surface area contributed by atoms with E-state index in [4.69, 9.17) is 0 Å². The summed E-state index contributed by atoms with van der Waals surface area (Å²) in [7, 11) is 0. The highest BCUT2D eigenvalue weighted by Crippen LogP contribution is 2.30. The molecule has 1 amide bonds. The molecule has 2 aliphatic heterocycles. The van der Waals surface area contributed by atoms with Gasteiger partial charge in [-0.3, -0.25) is 4.79 Å². The van der Waals surface area contributed by atoms with E-state index in [1.807, 2.05) is 24.3 Å². The van der Waals surface area contributed by atoms with E-state index in [-0.39, 0.29) is 5.91 Å². The molecule has 0 saturated carbocycles. The lowest BCUT2D eigenvalue weighted by Crippen LogP contribution is -2.32. The molecule has 0 aromatic heterocycles. The Balaban J connectivity index is 1.64. The number of nitrogens with zero attached hydrogens (tertiary/aromatic N) is 1. The van der Waals surface area contributed by atoms with Crippen LogP contribution >= 0.6 is 15.9 Å². The number of benzene rings is 2. The molecule has 3 nitrogen and oxygen atoms in total. The van der Waals surface area contributed by atoms with Gasteiger partial charge in [0.15, 0.2) is 0 Å². The van der Waals surface area contributed by atoms with E-state index in [1.165, 1.54) is 0 Å². The summed E-state index contributed by atoms with van der Waals surface area (Å²) < 4.78 is 0.968. The van der Waals surface area contributed by atoms with Gasteiger partial charge in [-0.1, -0.05) is 40.2 Å². The summed E-state index contributed by atoms with van der Waals surface area (Å²) in [6.07, 6.45) is 2.24. The summed E-state index contributed by atoms with van der Waals surface area (Å²) in [5.41, 5.74) is 0.820. The van der Waals surface area contributed by atoms with Crippen LogP contribution in [0.25, 0.3) is 10.8 Å². The predicted molar refractivity (Wildman–Crippen MR) is 96.6 cm³/mol. The zero-order valence-electron chi connectivity index (χ0n) is 13.1. The van der Waals surface area contributed by atoms with Crippen LogP contribution in [0.2, 0.25) is 0 Å². The van der Waals surface area contributed by atoms with E-state index >= 15 is 0 Å². The third-order valence-corrected chi connectivity index (χ3v) is 5.82. The van der Waals surface area contributed by atoms with Gasteiger partial charge in [0.25, 0.3) is 5.91 Å². The summed E-state index contributed by atoms with van der Waals surface area (Å²) >= 11 is 3.55. The van der Waals surface area contributed by atoms with Crippen molar-refractivity contribution in [2.24, 2.45) is 11.8 Å². The maximum atomic E-state index is 13.1. The molecule has 0 aliphatic carbocycles. The summed E-state index contributed by atoms with van der Waals surface area (Å²) in [6, 6.07) is 12.2.